The predicted octanol–water partition coefficient (Wildman–Crippen LogP) is 4.82. The maximum atomic E-state index is 14.0. The molecule has 8 heteroatoms. The number of nitrogens with one attached hydrogen (secondary N) is 1. The van der Waals surface area contributed by atoms with Crippen molar-refractivity contribution in [3.63, 3.8) is 0 Å². The minimum atomic E-state index is -5.00. The minimum absolute atomic E-state index is 0.208. The summed E-state index contributed by atoms with van der Waals surface area (Å²) in [5, 5.41) is 11.9. The highest BCUT2D eigenvalue weighted by Gasteiger charge is 2.61. The number of thioether (sulfide) groups is 1. The SMILES string of the molecule is C=C[C@H](O)[C@@](NC(=O)OCc1ccccc1)(Sc1ccc(C)cc1)C(F)(F)F. The lowest BCUT2D eigenvalue weighted by molar-refractivity contribution is -0.183. The van der Waals surface area contributed by atoms with Crippen molar-refractivity contribution in [1.29, 1.82) is 0 Å². The van der Waals surface area contributed by atoms with E-state index in [1.165, 1.54) is 12.1 Å². The number of benzene rings is 2. The van der Waals surface area contributed by atoms with Crippen molar-refractivity contribution in [2.75, 3.05) is 0 Å². The van der Waals surface area contributed by atoms with Crippen LogP contribution < -0.4 is 5.32 Å². The van der Waals surface area contributed by atoms with Gasteiger partial charge in [-0.2, -0.15) is 13.2 Å². The normalized spacial score (nSPS) is 14.6. The summed E-state index contributed by atoms with van der Waals surface area (Å²) in [6.45, 7) is 4.83. The van der Waals surface area contributed by atoms with Crippen LogP contribution in [0.25, 0.3) is 0 Å². The molecule has 0 aliphatic heterocycles. The molecule has 0 spiro atoms. The van der Waals surface area contributed by atoms with Crippen LogP contribution in [0.2, 0.25) is 0 Å². The highest BCUT2D eigenvalue weighted by molar-refractivity contribution is 8.00. The second-order valence-corrected chi connectivity index (χ2v) is 7.34. The molecule has 0 radical (unpaired) electrons. The van der Waals surface area contributed by atoms with Gasteiger partial charge in [0.15, 0.2) is 0 Å². The molecule has 1 amide bonds. The first kappa shape index (κ1) is 21.8. The number of carbonyl (C=O) groups is 1. The van der Waals surface area contributed by atoms with Crippen LogP contribution in [0.4, 0.5) is 18.0 Å². The van der Waals surface area contributed by atoms with E-state index in [0.29, 0.717) is 5.56 Å². The lowest BCUT2D eigenvalue weighted by Gasteiger charge is -2.37. The second-order valence-electron chi connectivity index (χ2n) is 6.02. The predicted molar refractivity (Wildman–Crippen MR) is 102 cm³/mol. The van der Waals surface area contributed by atoms with Gasteiger partial charge in [-0.25, -0.2) is 4.79 Å². The fraction of sp³-hybridized carbons (Fsp3) is 0.250. The number of alkyl halides is 3. The van der Waals surface area contributed by atoms with Crippen LogP contribution in [-0.4, -0.2) is 28.4 Å². The molecule has 0 heterocycles. The van der Waals surface area contributed by atoms with Crippen molar-refractivity contribution >= 4 is 17.9 Å². The van der Waals surface area contributed by atoms with Gasteiger partial charge in [-0.15, -0.1) is 6.58 Å². The Morgan fingerprint density at radius 2 is 1.82 bits per heavy atom. The van der Waals surface area contributed by atoms with Gasteiger partial charge in [0.2, 0.25) is 4.87 Å². The number of rotatable bonds is 7. The molecule has 0 saturated heterocycles. The Morgan fingerprint density at radius 3 is 2.36 bits per heavy atom. The Morgan fingerprint density at radius 1 is 1.21 bits per heavy atom. The maximum Gasteiger partial charge on any atom is 0.424 e. The van der Waals surface area contributed by atoms with Crippen LogP contribution in [0.3, 0.4) is 0 Å². The van der Waals surface area contributed by atoms with Gasteiger partial charge in [-0.3, -0.25) is 5.32 Å². The third-order valence-electron chi connectivity index (χ3n) is 3.86. The number of aliphatic hydroxyl groups excluding tert-OH is 1. The van der Waals surface area contributed by atoms with Crippen LogP contribution in [0, 0.1) is 6.92 Å². The molecule has 0 aromatic heterocycles. The number of aliphatic hydroxyl groups is 1. The maximum absolute atomic E-state index is 14.0. The molecule has 4 nitrogen and oxygen atoms in total. The molecule has 150 valence electrons. The summed E-state index contributed by atoms with van der Waals surface area (Å²) < 4.78 is 46.9. The lowest BCUT2D eigenvalue weighted by Crippen LogP contribution is -2.62. The van der Waals surface area contributed by atoms with Crippen LogP contribution in [0.15, 0.2) is 72.1 Å². The molecule has 0 aliphatic carbocycles. The Hall–Kier alpha value is -2.45. The van der Waals surface area contributed by atoms with E-state index in [1.54, 1.807) is 49.4 Å². The average molecular weight is 411 g/mol. The zero-order chi connectivity index (χ0) is 20.8. The van der Waals surface area contributed by atoms with E-state index in [0.717, 1.165) is 11.6 Å². The number of amides is 1. The van der Waals surface area contributed by atoms with E-state index >= 15 is 0 Å². The summed E-state index contributed by atoms with van der Waals surface area (Å²) in [5.74, 6) is 0. The highest BCUT2D eigenvalue weighted by Crippen LogP contribution is 2.46. The summed E-state index contributed by atoms with van der Waals surface area (Å²) >= 11 is 0.276. The third kappa shape index (κ3) is 5.30. The molecule has 0 unspecified atom stereocenters. The van der Waals surface area contributed by atoms with Gasteiger partial charge < -0.3 is 9.84 Å². The summed E-state index contributed by atoms with van der Waals surface area (Å²) in [7, 11) is 0. The van der Waals surface area contributed by atoms with Gasteiger partial charge in [-0.1, -0.05) is 65.9 Å². The number of carbonyl (C=O) groups excluding carboxylic acids is 1. The monoisotopic (exact) mass is 411 g/mol. The van der Waals surface area contributed by atoms with Gasteiger partial charge >= 0.3 is 12.3 Å². The van der Waals surface area contributed by atoms with E-state index in [4.69, 9.17) is 4.74 Å². The van der Waals surface area contributed by atoms with Gasteiger partial charge in [0.05, 0.1) is 0 Å². The zero-order valence-corrected chi connectivity index (χ0v) is 15.9. The van der Waals surface area contributed by atoms with Crippen molar-refractivity contribution in [1.82, 2.24) is 5.32 Å². The number of hydrogen-bond donors (Lipinski definition) is 2. The van der Waals surface area contributed by atoms with Gasteiger partial charge in [0.1, 0.15) is 12.7 Å². The number of alkyl carbamates (subject to hydrolysis) is 1. The molecule has 2 N–H and O–H groups in total. The summed E-state index contributed by atoms with van der Waals surface area (Å²) in [6.07, 6.45) is -7.68. The molecule has 2 atom stereocenters. The van der Waals surface area contributed by atoms with Crippen molar-refractivity contribution in [2.45, 2.75) is 35.6 Å². The summed E-state index contributed by atoms with van der Waals surface area (Å²) in [6, 6.07) is 14.8. The van der Waals surface area contributed by atoms with E-state index in [2.05, 4.69) is 6.58 Å². The number of hydrogen-bond acceptors (Lipinski definition) is 4. The third-order valence-corrected chi connectivity index (χ3v) is 5.27. The van der Waals surface area contributed by atoms with E-state index in [-0.39, 0.29) is 23.3 Å². The van der Waals surface area contributed by atoms with Crippen molar-refractivity contribution in [3.05, 3.63) is 78.4 Å². The van der Waals surface area contributed by atoms with Crippen LogP contribution >= 0.6 is 11.8 Å². The minimum Gasteiger partial charge on any atom is -0.445 e. The Bertz CT molecular complexity index is 797. The Balaban J connectivity index is 2.26. The van der Waals surface area contributed by atoms with Gasteiger partial charge in [0.25, 0.3) is 0 Å². The molecule has 0 fully saturated rings. The molecule has 0 aliphatic rings. The van der Waals surface area contributed by atoms with E-state index in [1.807, 2.05) is 5.32 Å². The first-order valence-corrected chi connectivity index (χ1v) is 9.11. The van der Waals surface area contributed by atoms with Crippen molar-refractivity contribution in [3.8, 4) is 0 Å². The molecule has 0 bridgehead atoms. The van der Waals surface area contributed by atoms with Gasteiger partial charge in [0, 0.05) is 4.90 Å². The number of ether oxygens (including phenoxy) is 1. The second kappa shape index (κ2) is 9.16. The average Bonchev–Trinajstić information content (AvgIpc) is 2.66. The molecule has 0 saturated carbocycles. The molecular weight excluding hydrogens is 391 g/mol. The molecular formula is C20H20F3NO3S. The standard InChI is InChI=1S/C20H20F3NO3S/c1-3-17(25)19(20(21,22)23,28-16-11-9-14(2)10-12-16)24-18(26)27-13-15-7-5-4-6-8-15/h3-12,17,25H,1,13H2,2H3,(H,24,26)/t17-,19+/m0/s1. The highest BCUT2D eigenvalue weighted by atomic mass is 32.2. The Kier molecular flexibility index (Phi) is 7.15. The fourth-order valence-electron chi connectivity index (χ4n) is 2.33. The number of aryl methyl sites for hydroxylation is 1. The molecule has 28 heavy (non-hydrogen) atoms. The summed E-state index contributed by atoms with van der Waals surface area (Å²) in [4.78, 5) is 9.31. The van der Waals surface area contributed by atoms with Crippen molar-refractivity contribution < 1.29 is 27.8 Å². The van der Waals surface area contributed by atoms with Crippen molar-refractivity contribution in [2.24, 2.45) is 0 Å². The van der Waals surface area contributed by atoms with Crippen LogP contribution in [0.1, 0.15) is 11.1 Å². The van der Waals surface area contributed by atoms with Crippen LogP contribution in [0.5, 0.6) is 0 Å². The smallest absolute Gasteiger partial charge is 0.424 e. The Labute approximate surface area is 165 Å². The van der Waals surface area contributed by atoms with Crippen LogP contribution in [-0.2, 0) is 11.3 Å². The van der Waals surface area contributed by atoms with E-state index in [9.17, 15) is 23.1 Å². The molecule has 2 rings (SSSR count). The largest absolute Gasteiger partial charge is 0.445 e. The summed E-state index contributed by atoms with van der Waals surface area (Å²) in [5.41, 5.74) is 1.48. The van der Waals surface area contributed by atoms with Gasteiger partial charge in [-0.05, 0) is 24.6 Å². The quantitative estimate of drug-likeness (QED) is 0.390. The fourth-order valence-corrected chi connectivity index (χ4v) is 3.44. The topological polar surface area (TPSA) is 58.6 Å². The zero-order valence-electron chi connectivity index (χ0n) is 15.1. The lowest BCUT2D eigenvalue weighted by atomic mass is 10.1. The first-order valence-electron chi connectivity index (χ1n) is 8.30. The molecule has 2 aromatic carbocycles. The first-order chi connectivity index (χ1) is 13.2. The number of halogens is 3. The van der Waals surface area contributed by atoms with E-state index < -0.39 is 23.2 Å². The molecule has 2 aromatic rings.